The number of ether oxygens (including phenoxy) is 2. The summed E-state index contributed by atoms with van der Waals surface area (Å²) in [5.74, 6) is -0.355. The first-order valence-electron chi connectivity index (χ1n) is 15.4. The molecular formula is C36H39Cl2N3O6S. The molecule has 0 spiro atoms. The highest BCUT2D eigenvalue weighted by Gasteiger charge is 2.36. The number of nitrogens with one attached hydrogen (secondary N) is 1. The number of amides is 2. The van der Waals surface area contributed by atoms with Gasteiger partial charge in [0.2, 0.25) is 11.8 Å². The lowest BCUT2D eigenvalue weighted by Crippen LogP contribution is -2.54. The third kappa shape index (κ3) is 8.80. The number of carbonyl (C=O) groups is 2. The minimum atomic E-state index is -4.36. The summed E-state index contributed by atoms with van der Waals surface area (Å²) < 4.78 is 40.4. The van der Waals surface area contributed by atoms with Crippen LogP contribution in [0.25, 0.3) is 0 Å². The number of para-hydroxylation sites is 2. The molecule has 0 saturated carbocycles. The predicted octanol–water partition coefficient (Wildman–Crippen LogP) is 6.76. The molecule has 0 heterocycles. The zero-order chi connectivity index (χ0) is 34.8. The molecule has 0 fully saturated rings. The summed E-state index contributed by atoms with van der Waals surface area (Å²) in [6.45, 7) is 2.99. The number of hydrogen-bond donors (Lipinski definition) is 1. The molecule has 254 valence electrons. The van der Waals surface area contributed by atoms with Gasteiger partial charge in [0.15, 0.2) is 0 Å². The predicted molar refractivity (Wildman–Crippen MR) is 189 cm³/mol. The summed E-state index contributed by atoms with van der Waals surface area (Å²) in [6.07, 6.45) is 0.812. The first-order chi connectivity index (χ1) is 23.0. The molecule has 0 radical (unpaired) electrons. The SMILES string of the molecule is CC[C@H](C)NC(=O)[C@@H](Cc1ccccc1)N(Cc1c(Cl)cccc1Cl)C(=O)CN(c1ccccc1OC)S(=O)(=O)c1ccc(OC)cc1. The van der Waals surface area contributed by atoms with E-state index in [1.807, 2.05) is 44.2 Å². The number of nitrogens with zero attached hydrogens (tertiary/aromatic N) is 2. The average Bonchev–Trinajstić information content (AvgIpc) is 3.09. The van der Waals surface area contributed by atoms with Crippen LogP contribution in [0, 0.1) is 0 Å². The Hall–Kier alpha value is -4.25. The van der Waals surface area contributed by atoms with Crippen LogP contribution in [0.15, 0.2) is 102 Å². The number of benzene rings is 4. The molecule has 0 bridgehead atoms. The maximum Gasteiger partial charge on any atom is 0.264 e. The molecule has 2 atom stereocenters. The minimum absolute atomic E-state index is 0.0712. The van der Waals surface area contributed by atoms with Gasteiger partial charge in [0.1, 0.15) is 24.1 Å². The van der Waals surface area contributed by atoms with Crippen LogP contribution >= 0.6 is 23.2 Å². The summed E-state index contributed by atoms with van der Waals surface area (Å²) in [5.41, 5.74) is 1.37. The van der Waals surface area contributed by atoms with Gasteiger partial charge in [-0.25, -0.2) is 8.42 Å². The van der Waals surface area contributed by atoms with Gasteiger partial charge in [-0.15, -0.1) is 0 Å². The number of methoxy groups -OCH3 is 2. The van der Waals surface area contributed by atoms with Crippen molar-refractivity contribution in [2.75, 3.05) is 25.1 Å². The van der Waals surface area contributed by atoms with E-state index in [-0.39, 0.29) is 35.3 Å². The van der Waals surface area contributed by atoms with Crippen molar-refractivity contribution in [2.24, 2.45) is 0 Å². The Morgan fingerprint density at radius 2 is 1.46 bits per heavy atom. The number of carbonyl (C=O) groups excluding carboxylic acids is 2. The molecule has 4 aromatic carbocycles. The molecule has 12 heteroatoms. The summed E-state index contributed by atoms with van der Waals surface area (Å²) in [7, 11) is -1.46. The Bertz CT molecular complexity index is 1790. The summed E-state index contributed by atoms with van der Waals surface area (Å²) in [5, 5.41) is 3.61. The second-order valence-corrected chi connectivity index (χ2v) is 13.8. The van der Waals surface area contributed by atoms with Crippen LogP contribution < -0.4 is 19.1 Å². The van der Waals surface area contributed by atoms with Crippen LogP contribution in [0.4, 0.5) is 5.69 Å². The number of sulfonamides is 1. The first-order valence-corrected chi connectivity index (χ1v) is 17.6. The fourth-order valence-corrected chi connectivity index (χ4v) is 7.01. The van der Waals surface area contributed by atoms with Gasteiger partial charge in [0.05, 0.1) is 24.8 Å². The third-order valence-corrected chi connectivity index (χ3v) is 10.4. The van der Waals surface area contributed by atoms with Crippen LogP contribution in [-0.4, -0.2) is 58.0 Å². The van der Waals surface area contributed by atoms with Crippen LogP contribution in [0.3, 0.4) is 0 Å². The molecule has 1 N–H and O–H groups in total. The Morgan fingerprint density at radius 3 is 2.06 bits per heavy atom. The maximum atomic E-state index is 14.7. The molecule has 48 heavy (non-hydrogen) atoms. The summed E-state index contributed by atoms with van der Waals surface area (Å²) in [4.78, 5) is 30.0. The third-order valence-electron chi connectivity index (χ3n) is 7.94. The van der Waals surface area contributed by atoms with Gasteiger partial charge < -0.3 is 19.7 Å². The highest BCUT2D eigenvalue weighted by molar-refractivity contribution is 7.92. The quantitative estimate of drug-likeness (QED) is 0.146. The number of hydrogen-bond acceptors (Lipinski definition) is 6. The largest absolute Gasteiger partial charge is 0.497 e. The normalized spacial score (nSPS) is 12.5. The molecule has 0 aliphatic heterocycles. The lowest BCUT2D eigenvalue weighted by molar-refractivity contribution is -0.140. The Balaban J connectivity index is 1.87. The van der Waals surface area contributed by atoms with Crippen LogP contribution in [-0.2, 0) is 32.6 Å². The second kappa shape index (κ2) is 16.7. The fourth-order valence-electron chi connectivity index (χ4n) is 5.07. The van der Waals surface area contributed by atoms with Crippen LogP contribution in [0.5, 0.6) is 11.5 Å². The molecule has 0 aliphatic rings. The van der Waals surface area contributed by atoms with E-state index in [4.69, 9.17) is 32.7 Å². The van der Waals surface area contributed by atoms with E-state index < -0.39 is 34.4 Å². The van der Waals surface area contributed by atoms with Gasteiger partial charge in [-0.1, -0.05) is 78.7 Å². The standard InChI is InChI=1S/C36H39Cl2N3O6S/c1-5-25(2)39-36(43)33(22-26-12-7-6-8-13-26)40(23-29-30(37)14-11-15-31(29)38)35(42)24-41(32-16-9-10-17-34(32)47-4)48(44,45)28-20-18-27(46-3)19-21-28/h6-21,25,33H,5,22-24H2,1-4H3,(H,39,43)/t25-,33+/m0/s1. The molecule has 9 nitrogen and oxygen atoms in total. The topological polar surface area (TPSA) is 105 Å². The van der Waals surface area contributed by atoms with Crippen molar-refractivity contribution >= 4 is 50.7 Å². The Kier molecular flexibility index (Phi) is 12.7. The van der Waals surface area contributed by atoms with Crippen molar-refractivity contribution in [2.45, 2.75) is 50.2 Å². The van der Waals surface area contributed by atoms with Gasteiger partial charge in [-0.3, -0.25) is 13.9 Å². The van der Waals surface area contributed by atoms with Crippen LogP contribution in [0.1, 0.15) is 31.4 Å². The number of anilines is 1. The van der Waals surface area contributed by atoms with Crippen LogP contribution in [0.2, 0.25) is 10.0 Å². The van der Waals surface area contributed by atoms with E-state index in [0.717, 1.165) is 9.87 Å². The van der Waals surface area contributed by atoms with E-state index in [2.05, 4.69) is 5.32 Å². The lowest BCUT2D eigenvalue weighted by Gasteiger charge is -2.35. The van der Waals surface area contributed by atoms with Crippen molar-refractivity contribution in [1.82, 2.24) is 10.2 Å². The number of rotatable bonds is 15. The fraction of sp³-hybridized carbons (Fsp3) is 0.278. The number of halogens is 2. The Morgan fingerprint density at radius 1 is 0.833 bits per heavy atom. The molecule has 4 aromatic rings. The van der Waals surface area contributed by atoms with Gasteiger partial charge in [0.25, 0.3) is 10.0 Å². The van der Waals surface area contributed by atoms with Crippen molar-refractivity contribution in [1.29, 1.82) is 0 Å². The molecule has 2 amide bonds. The molecule has 4 rings (SSSR count). The van der Waals surface area contributed by atoms with Crippen molar-refractivity contribution in [3.63, 3.8) is 0 Å². The highest BCUT2D eigenvalue weighted by atomic mass is 35.5. The molecule has 0 saturated heterocycles. The summed E-state index contributed by atoms with van der Waals surface area (Å²) >= 11 is 13.2. The zero-order valence-electron chi connectivity index (χ0n) is 27.2. The highest BCUT2D eigenvalue weighted by Crippen LogP contribution is 2.34. The Labute approximate surface area is 292 Å². The van der Waals surface area contributed by atoms with Gasteiger partial charge in [0, 0.05) is 34.6 Å². The van der Waals surface area contributed by atoms with Crippen molar-refractivity contribution < 1.29 is 27.5 Å². The smallest absolute Gasteiger partial charge is 0.264 e. The molecule has 0 aromatic heterocycles. The van der Waals surface area contributed by atoms with E-state index in [1.165, 1.54) is 43.4 Å². The molecular weight excluding hydrogens is 673 g/mol. The van der Waals surface area contributed by atoms with Gasteiger partial charge in [-0.05, 0) is 67.4 Å². The molecule has 0 aliphatic carbocycles. The second-order valence-electron chi connectivity index (χ2n) is 11.1. The molecule has 0 unspecified atom stereocenters. The zero-order valence-corrected chi connectivity index (χ0v) is 29.6. The van der Waals surface area contributed by atoms with E-state index >= 15 is 0 Å². The van der Waals surface area contributed by atoms with Crippen molar-refractivity contribution in [3.8, 4) is 11.5 Å². The minimum Gasteiger partial charge on any atom is -0.497 e. The van der Waals surface area contributed by atoms with E-state index in [1.54, 1.807) is 42.5 Å². The summed E-state index contributed by atoms with van der Waals surface area (Å²) in [6, 6.07) is 25.4. The first kappa shape index (κ1) is 36.6. The van der Waals surface area contributed by atoms with E-state index in [9.17, 15) is 18.0 Å². The van der Waals surface area contributed by atoms with Gasteiger partial charge >= 0.3 is 0 Å². The monoisotopic (exact) mass is 711 g/mol. The lowest BCUT2D eigenvalue weighted by atomic mass is 10.0. The average molecular weight is 713 g/mol. The van der Waals surface area contributed by atoms with E-state index in [0.29, 0.717) is 27.8 Å². The van der Waals surface area contributed by atoms with Crippen molar-refractivity contribution in [3.05, 3.63) is 118 Å². The van der Waals surface area contributed by atoms with Gasteiger partial charge in [-0.2, -0.15) is 0 Å². The maximum absolute atomic E-state index is 14.7.